The summed E-state index contributed by atoms with van der Waals surface area (Å²) in [4.78, 5) is 12.6. The lowest BCUT2D eigenvalue weighted by atomic mass is 9.53. The van der Waals surface area contributed by atoms with Gasteiger partial charge in [0.05, 0.1) is 0 Å². The summed E-state index contributed by atoms with van der Waals surface area (Å²) >= 11 is 3.44. The van der Waals surface area contributed by atoms with E-state index in [1.54, 1.807) is 0 Å². The van der Waals surface area contributed by atoms with Gasteiger partial charge in [0.15, 0.2) is 0 Å². The van der Waals surface area contributed by atoms with Gasteiger partial charge in [-0.3, -0.25) is 4.79 Å². The van der Waals surface area contributed by atoms with Crippen molar-refractivity contribution in [2.45, 2.75) is 49.4 Å². The van der Waals surface area contributed by atoms with E-state index in [-0.39, 0.29) is 11.4 Å². The molecular formula is C18H22BrNO. The van der Waals surface area contributed by atoms with Gasteiger partial charge in [-0.15, -0.1) is 0 Å². The molecule has 0 spiro atoms. The molecule has 5 rings (SSSR count). The molecule has 3 heteroatoms. The third-order valence-corrected chi connectivity index (χ3v) is 6.43. The Morgan fingerprint density at radius 3 is 2.05 bits per heavy atom. The van der Waals surface area contributed by atoms with E-state index in [1.165, 1.54) is 44.1 Å². The van der Waals surface area contributed by atoms with Gasteiger partial charge in [-0.05, 0) is 74.0 Å². The number of benzene rings is 1. The lowest BCUT2D eigenvalue weighted by Gasteiger charge is -2.56. The highest BCUT2D eigenvalue weighted by atomic mass is 79.9. The number of alkyl halides is 1. The van der Waals surface area contributed by atoms with E-state index in [0.29, 0.717) is 0 Å². The summed E-state index contributed by atoms with van der Waals surface area (Å²) in [5.41, 5.74) is 2.12. The van der Waals surface area contributed by atoms with Gasteiger partial charge in [0, 0.05) is 16.4 Å². The molecule has 1 N–H and O–H groups in total. The molecule has 0 saturated heterocycles. The first-order valence-electron chi connectivity index (χ1n) is 8.13. The van der Waals surface area contributed by atoms with E-state index in [0.717, 1.165) is 28.6 Å². The molecule has 21 heavy (non-hydrogen) atoms. The molecule has 0 radical (unpaired) electrons. The van der Waals surface area contributed by atoms with Crippen molar-refractivity contribution in [2.75, 3.05) is 0 Å². The van der Waals surface area contributed by atoms with Crippen molar-refractivity contribution in [3.8, 4) is 0 Å². The molecular weight excluding hydrogens is 326 g/mol. The van der Waals surface area contributed by atoms with Gasteiger partial charge in [0.25, 0.3) is 5.91 Å². The van der Waals surface area contributed by atoms with Crippen LogP contribution in [0.1, 0.15) is 54.4 Å². The standard InChI is InChI=1S/C18H22BrNO/c19-11-12-1-3-16(4-2-12)17(21)20-18-8-13-5-14(9-18)7-15(6-13)10-18/h1-4,13-15H,5-11H2,(H,20,21). The number of hydrogen-bond donors (Lipinski definition) is 1. The van der Waals surface area contributed by atoms with Crippen LogP contribution in [0.5, 0.6) is 0 Å². The highest BCUT2D eigenvalue weighted by Gasteiger charge is 2.51. The van der Waals surface area contributed by atoms with E-state index in [4.69, 9.17) is 0 Å². The average Bonchev–Trinajstić information content (AvgIpc) is 2.45. The topological polar surface area (TPSA) is 29.1 Å². The second-order valence-corrected chi connectivity index (χ2v) is 8.04. The Balaban J connectivity index is 1.51. The quantitative estimate of drug-likeness (QED) is 0.812. The molecule has 4 fully saturated rings. The fourth-order valence-corrected chi connectivity index (χ4v) is 5.70. The minimum atomic E-state index is 0.111. The Hall–Kier alpha value is -0.830. The van der Waals surface area contributed by atoms with E-state index >= 15 is 0 Å². The first kappa shape index (κ1) is 13.8. The SMILES string of the molecule is O=C(NC12CC3CC(CC(C3)C1)C2)c1ccc(CBr)cc1. The Bertz CT molecular complexity index is 516. The molecule has 0 aliphatic heterocycles. The van der Waals surface area contributed by atoms with E-state index in [1.807, 2.05) is 24.3 Å². The smallest absolute Gasteiger partial charge is 0.251 e. The lowest BCUT2D eigenvalue weighted by Crippen LogP contribution is -2.59. The van der Waals surface area contributed by atoms with Gasteiger partial charge in [0.1, 0.15) is 0 Å². The predicted molar refractivity (Wildman–Crippen MR) is 87.4 cm³/mol. The maximum Gasteiger partial charge on any atom is 0.251 e. The van der Waals surface area contributed by atoms with Crippen molar-refractivity contribution < 1.29 is 4.79 Å². The monoisotopic (exact) mass is 347 g/mol. The number of carbonyl (C=O) groups is 1. The summed E-state index contributed by atoms with van der Waals surface area (Å²) in [6.07, 6.45) is 7.87. The Morgan fingerprint density at radius 2 is 1.57 bits per heavy atom. The molecule has 4 saturated carbocycles. The highest BCUT2D eigenvalue weighted by molar-refractivity contribution is 9.08. The summed E-state index contributed by atoms with van der Waals surface area (Å²) in [6.45, 7) is 0. The van der Waals surface area contributed by atoms with Crippen molar-refractivity contribution in [3.63, 3.8) is 0 Å². The van der Waals surface area contributed by atoms with Crippen LogP contribution in [-0.4, -0.2) is 11.4 Å². The number of amides is 1. The van der Waals surface area contributed by atoms with Crippen LogP contribution in [0, 0.1) is 17.8 Å². The van der Waals surface area contributed by atoms with Crippen LogP contribution in [-0.2, 0) is 5.33 Å². The maximum absolute atomic E-state index is 12.6. The molecule has 1 aromatic rings. The summed E-state index contributed by atoms with van der Waals surface area (Å²) in [5.74, 6) is 2.73. The van der Waals surface area contributed by atoms with Gasteiger partial charge < -0.3 is 5.32 Å². The molecule has 0 aromatic heterocycles. The molecule has 4 bridgehead atoms. The molecule has 1 amide bonds. The van der Waals surface area contributed by atoms with Crippen molar-refractivity contribution >= 4 is 21.8 Å². The van der Waals surface area contributed by atoms with Gasteiger partial charge >= 0.3 is 0 Å². The number of carbonyl (C=O) groups excluding carboxylic acids is 1. The average molecular weight is 348 g/mol. The van der Waals surface area contributed by atoms with E-state index in [2.05, 4.69) is 21.2 Å². The minimum absolute atomic E-state index is 0.111. The van der Waals surface area contributed by atoms with Gasteiger partial charge in [-0.1, -0.05) is 28.1 Å². The fraction of sp³-hybridized carbons (Fsp3) is 0.611. The zero-order valence-electron chi connectivity index (χ0n) is 12.3. The largest absolute Gasteiger partial charge is 0.347 e. The molecule has 4 aliphatic carbocycles. The molecule has 0 atom stereocenters. The van der Waals surface area contributed by atoms with Crippen LogP contribution in [0.2, 0.25) is 0 Å². The van der Waals surface area contributed by atoms with E-state index in [9.17, 15) is 4.79 Å². The van der Waals surface area contributed by atoms with Crippen LogP contribution < -0.4 is 5.32 Å². The number of nitrogens with one attached hydrogen (secondary N) is 1. The Labute approximate surface area is 134 Å². The zero-order valence-corrected chi connectivity index (χ0v) is 13.9. The molecule has 112 valence electrons. The molecule has 0 unspecified atom stereocenters. The second kappa shape index (κ2) is 5.12. The van der Waals surface area contributed by atoms with Gasteiger partial charge in [-0.25, -0.2) is 0 Å². The third-order valence-electron chi connectivity index (χ3n) is 5.79. The van der Waals surface area contributed by atoms with E-state index < -0.39 is 0 Å². The molecule has 0 heterocycles. The van der Waals surface area contributed by atoms with Crippen molar-refractivity contribution in [2.24, 2.45) is 17.8 Å². The Kier molecular flexibility index (Phi) is 3.36. The number of halogens is 1. The summed E-state index contributed by atoms with van der Waals surface area (Å²) in [6, 6.07) is 7.96. The first-order chi connectivity index (χ1) is 10.2. The number of rotatable bonds is 3. The van der Waals surface area contributed by atoms with Gasteiger partial charge in [0.2, 0.25) is 0 Å². The molecule has 4 aliphatic rings. The third kappa shape index (κ3) is 2.54. The summed E-state index contributed by atoms with van der Waals surface area (Å²) < 4.78 is 0. The fourth-order valence-electron chi connectivity index (χ4n) is 5.32. The highest BCUT2D eigenvalue weighted by Crippen LogP contribution is 2.55. The molecule has 1 aromatic carbocycles. The molecule has 2 nitrogen and oxygen atoms in total. The minimum Gasteiger partial charge on any atom is -0.347 e. The van der Waals surface area contributed by atoms with Crippen molar-refractivity contribution in [1.82, 2.24) is 5.32 Å². The van der Waals surface area contributed by atoms with Gasteiger partial charge in [-0.2, -0.15) is 0 Å². The second-order valence-electron chi connectivity index (χ2n) is 7.48. The van der Waals surface area contributed by atoms with Crippen molar-refractivity contribution in [1.29, 1.82) is 0 Å². The first-order valence-corrected chi connectivity index (χ1v) is 9.25. The van der Waals surface area contributed by atoms with Crippen LogP contribution in [0.25, 0.3) is 0 Å². The van der Waals surface area contributed by atoms with Crippen LogP contribution in [0.4, 0.5) is 0 Å². The maximum atomic E-state index is 12.6. The van der Waals surface area contributed by atoms with Crippen LogP contribution >= 0.6 is 15.9 Å². The summed E-state index contributed by atoms with van der Waals surface area (Å²) in [5, 5.41) is 4.26. The van der Waals surface area contributed by atoms with Crippen molar-refractivity contribution in [3.05, 3.63) is 35.4 Å². The summed E-state index contributed by atoms with van der Waals surface area (Å²) in [7, 11) is 0. The lowest BCUT2D eigenvalue weighted by molar-refractivity contribution is -0.0167. The normalized spacial score (nSPS) is 36.7. The van der Waals surface area contributed by atoms with Crippen LogP contribution in [0.15, 0.2) is 24.3 Å². The predicted octanol–water partition coefficient (Wildman–Crippen LogP) is 4.28. The van der Waals surface area contributed by atoms with Crippen LogP contribution in [0.3, 0.4) is 0 Å². The number of hydrogen-bond acceptors (Lipinski definition) is 1. The zero-order chi connectivity index (χ0) is 14.4. The Morgan fingerprint density at radius 1 is 1.05 bits per heavy atom.